The predicted molar refractivity (Wildman–Crippen MR) is 101 cm³/mol. The zero-order valence-corrected chi connectivity index (χ0v) is 16.4. The number of amides is 1. The largest absolute Gasteiger partial charge is 0.379 e. The molecule has 0 heterocycles. The van der Waals surface area contributed by atoms with Crippen molar-refractivity contribution in [1.29, 1.82) is 0 Å². The molecule has 0 unspecified atom stereocenters. The van der Waals surface area contributed by atoms with Gasteiger partial charge in [0.1, 0.15) is 10.6 Å². The smallest absolute Gasteiger partial charge is 0.339 e. The highest BCUT2D eigenvalue weighted by Gasteiger charge is 2.18. The van der Waals surface area contributed by atoms with E-state index in [0.29, 0.717) is 18.7 Å². The first-order chi connectivity index (χ1) is 11.4. The second kappa shape index (κ2) is 7.98. The second-order valence-corrected chi connectivity index (χ2v) is 7.79. The minimum Gasteiger partial charge on any atom is -0.379 e. The number of rotatable bonds is 6. The van der Waals surface area contributed by atoms with Crippen molar-refractivity contribution in [2.24, 2.45) is 0 Å². The van der Waals surface area contributed by atoms with Gasteiger partial charge in [0.2, 0.25) is 0 Å². The van der Waals surface area contributed by atoms with Crippen molar-refractivity contribution in [3.05, 3.63) is 57.7 Å². The van der Waals surface area contributed by atoms with Gasteiger partial charge in [-0.15, -0.1) is 0 Å². The van der Waals surface area contributed by atoms with Crippen molar-refractivity contribution in [3.63, 3.8) is 0 Å². The van der Waals surface area contributed by atoms with Gasteiger partial charge in [0.25, 0.3) is 5.91 Å². The van der Waals surface area contributed by atoms with Crippen LogP contribution in [0.4, 0.5) is 0 Å². The minimum absolute atomic E-state index is 0.0112. The van der Waals surface area contributed by atoms with Gasteiger partial charge in [0.05, 0.1) is 0 Å². The fourth-order valence-corrected chi connectivity index (χ4v) is 3.41. The third-order valence-electron chi connectivity index (χ3n) is 3.46. The molecule has 0 fully saturated rings. The second-order valence-electron chi connectivity index (χ2n) is 4.99. The van der Waals surface area contributed by atoms with Gasteiger partial charge in [0.15, 0.2) is 0 Å². The van der Waals surface area contributed by atoms with Gasteiger partial charge in [-0.3, -0.25) is 4.79 Å². The summed E-state index contributed by atoms with van der Waals surface area (Å²) in [5.41, 5.74) is 0.451. The Kier molecular flexibility index (Phi) is 6.22. The normalized spacial score (nSPS) is 11.1. The first-order valence-corrected chi connectivity index (χ1v) is 9.95. The number of benzene rings is 2. The van der Waals surface area contributed by atoms with Gasteiger partial charge < -0.3 is 9.08 Å². The molecule has 0 atom stereocenters. The van der Waals surface area contributed by atoms with E-state index in [0.717, 1.165) is 3.57 Å². The Labute approximate surface area is 155 Å². The highest BCUT2D eigenvalue weighted by molar-refractivity contribution is 14.1. The zero-order valence-electron chi connectivity index (χ0n) is 13.4. The van der Waals surface area contributed by atoms with Crippen LogP contribution in [0.15, 0.2) is 53.4 Å². The quantitative estimate of drug-likeness (QED) is 0.490. The van der Waals surface area contributed by atoms with E-state index in [-0.39, 0.29) is 16.6 Å². The molecule has 0 N–H and O–H groups in total. The average molecular weight is 459 g/mol. The summed E-state index contributed by atoms with van der Waals surface area (Å²) in [7, 11) is -3.93. The molecule has 0 bridgehead atoms. The molecule has 5 nitrogen and oxygen atoms in total. The first-order valence-electron chi connectivity index (χ1n) is 7.46. The average Bonchev–Trinajstić information content (AvgIpc) is 2.58. The van der Waals surface area contributed by atoms with Crippen molar-refractivity contribution in [2.75, 3.05) is 13.1 Å². The summed E-state index contributed by atoms with van der Waals surface area (Å²) in [6.45, 7) is 5.00. The summed E-state index contributed by atoms with van der Waals surface area (Å²) >= 11 is 2.13. The molecule has 24 heavy (non-hydrogen) atoms. The number of halogens is 1. The summed E-state index contributed by atoms with van der Waals surface area (Å²) in [6, 6.07) is 12.5. The molecular weight excluding hydrogens is 441 g/mol. The molecule has 7 heteroatoms. The molecular formula is C17H18INO4S. The Morgan fingerprint density at radius 3 is 2.04 bits per heavy atom. The number of hydrogen-bond donors (Lipinski definition) is 0. The SMILES string of the molecule is CCN(CC)C(=O)c1ccc(S(=O)(=O)Oc2ccc(I)cc2)cc1. The van der Waals surface area contributed by atoms with Crippen molar-refractivity contribution in [3.8, 4) is 5.75 Å². The molecule has 2 aromatic carbocycles. The number of hydrogen-bond acceptors (Lipinski definition) is 4. The van der Waals surface area contributed by atoms with E-state index in [1.54, 1.807) is 29.2 Å². The van der Waals surface area contributed by atoms with Crippen LogP contribution in [0, 0.1) is 3.57 Å². The highest BCUT2D eigenvalue weighted by atomic mass is 127. The van der Waals surface area contributed by atoms with Crippen molar-refractivity contribution in [1.82, 2.24) is 4.90 Å². The van der Waals surface area contributed by atoms with Crippen LogP contribution in [0.25, 0.3) is 0 Å². The maximum Gasteiger partial charge on any atom is 0.339 e. The van der Waals surface area contributed by atoms with E-state index in [1.807, 2.05) is 13.8 Å². The predicted octanol–water partition coefficient (Wildman–Crippen LogP) is 3.54. The summed E-state index contributed by atoms with van der Waals surface area (Å²) in [6.07, 6.45) is 0. The third kappa shape index (κ3) is 4.47. The van der Waals surface area contributed by atoms with Gasteiger partial charge >= 0.3 is 10.1 Å². The molecule has 0 aromatic heterocycles. The van der Waals surface area contributed by atoms with Crippen LogP contribution in [0.5, 0.6) is 5.75 Å². The Morgan fingerprint density at radius 1 is 1.00 bits per heavy atom. The molecule has 2 rings (SSSR count). The summed E-state index contributed by atoms with van der Waals surface area (Å²) in [4.78, 5) is 13.9. The molecule has 0 saturated carbocycles. The molecule has 1 amide bonds. The van der Waals surface area contributed by atoms with E-state index in [9.17, 15) is 13.2 Å². The van der Waals surface area contributed by atoms with Crippen LogP contribution < -0.4 is 4.18 Å². The van der Waals surface area contributed by atoms with E-state index < -0.39 is 10.1 Å². The van der Waals surface area contributed by atoms with E-state index in [1.165, 1.54) is 24.3 Å². The van der Waals surface area contributed by atoms with Crippen LogP contribution in [0.3, 0.4) is 0 Å². The Morgan fingerprint density at radius 2 is 1.54 bits per heavy atom. The zero-order chi connectivity index (χ0) is 17.7. The molecule has 0 aliphatic rings. The van der Waals surface area contributed by atoms with Crippen LogP contribution in [-0.2, 0) is 10.1 Å². The lowest BCUT2D eigenvalue weighted by Crippen LogP contribution is -2.30. The summed E-state index contributed by atoms with van der Waals surface area (Å²) in [5, 5.41) is 0. The van der Waals surface area contributed by atoms with Crippen molar-refractivity contribution in [2.45, 2.75) is 18.7 Å². The standard InChI is InChI=1S/C17H18INO4S/c1-3-19(4-2)17(20)13-5-11-16(12-6-13)24(21,22)23-15-9-7-14(18)8-10-15/h5-12H,3-4H2,1-2H3. The van der Waals surface area contributed by atoms with Crippen molar-refractivity contribution >= 4 is 38.6 Å². The fourth-order valence-electron chi connectivity index (χ4n) is 2.12. The van der Waals surface area contributed by atoms with Gasteiger partial charge in [-0.2, -0.15) is 8.42 Å². The van der Waals surface area contributed by atoms with E-state index >= 15 is 0 Å². The third-order valence-corrected chi connectivity index (χ3v) is 5.44. The van der Waals surface area contributed by atoms with Crippen LogP contribution in [0.1, 0.15) is 24.2 Å². The maximum absolute atomic E-state index is 12.3. The number of nitrogens with zero attached hydrogens (tertiary/aromatic N) is 1. The topological polar surface area (TPSA) is 63.7 Å². The Balaban J connectivity index is 2.19. The highest BCUT2D eigenvalue weighted by Crippen LogP contribution is 2.20. The lowest BCUT2D eigenvalue weighted by atomic mass is 10.2. The van der Waals surface area contributed by atoms with Crippen molar-refractivity contribution < 1.29 is 17.4 Å². The summed E-state index contributed by atoms with van der Waals surface area (Å²) in [5.74, 6) is 0.126. The first kappa shape index (κ1) is 18.7. The molecule has 0 aliphatic carbocycles. The van der Waals surface area contributed by atoms with Crippen LogP contribution in [-0.4, -0.2) is 32.3 Å². The molecule has 0 aliphatic heterocycles. The lowest BCUT2D eigenvalue weighted by molar-refractivity contribution is 0.0773. The summed E-state index contributed by atoms with van der Waals surface area (Å²) < 4.78 is 30.7. The van der Waals surface area contributed by atoms with Crippen LogP contribution in [0.2, 0.25) is 0 Å². The number of carbonyl (C=O) groups is 1. The van der Waals surface area contributed by atoms with E-state index in [2.05, 4.69) is 22.6 Å². The molecule has 128 valence electrons. The van der Waals surface area contributed by atoms with E-state index in [4.69, 9.17) is 4.18 Å². The number of carbonyl (C=O) groups excluding carboxylic acids is 1. The Bertz CT molecular complexity index is 797. The fraction of sp³-hybridized carbons (Fsp3) is 0.235. The van der Waals surface area contributed by atoms with Gasteiger partial charge in [0, 0.05) is 22.2 Å². The minimum atomic E-state index is -3.93. The van der Waals surface area contributed by atoms with Gasteiger partial charge in [-0.1, -0.05) is 0 Å². The molecule has 2 aromatic rings. The Hall–Kier alpha value is -1.61. The van der Waals surface area contributed by atoms with Gasteiger partial charge in [-0.25, -0.2) is 0 Å². The monoisotopic (exact) mass is 459 g/mol. The lowest BCUT2D eigenvalue weighted by Gasteiger charge is -2.18. The maximum atomic E-state index is 12.3. The van der Waals surface area contributed by atoms with Crippen LogP contribution >= 0.6 is 22.6 Å². The molecule has 0 radical (unpaired) electrons. The van der Waals surface area contributed by atoms with Gasteiger partial charge in [-0.05, 0) is 85.0 Å². The molecule has 0 saturated heterocycles. The molecule has 0 spiro atoms.